The van der Waals surface area contributed by atoms with E-state index < -0.39 is 5.97 Å². The van der Waals surface area contributed by atoms with E-state index in [1.165, 1.54) is 13.2 Å². The van der Waals surface area contributed by atoms with Gasteiger partial charge in [0.05, 0.1) is 12.1 Å². The van der Waals surface area contributed by atoms with Gasteiger partial charge in [0.15, 0.2) is 0 Å². The average Bonchev–Trinajstić information content (AvgIpc) is 2.28. The maximum absolute atomic E-state index is 10.9. The Morgan fingerprint density at radius 1 is 1.47 bits per heavy atom. The Morgan fingerprint density at radius 2 is 2.18 bits per heavy atom. The predicted octanol–water partition coefficient (Wildman–Crippen LogP) is 2.90. The van der Waals surface area contributed by atoms with Gasteiger partial charge in [0.25, 0.3) is 0 Å². The Kier molecular flexibility index (Phi) is 2.90. The molecule has 1 heterocycles. The van der Waals surface area contributed by atoms with Gasteiger partial charge in [-0.25, -0.2) is 9.78 Å². The number of aryl methyl sites for hydroxylation is 1. The highest BCUT2D eigenvalue weighted by Crippen LogP contribution is 2.32. The maximum Gasteiger partial charge on any atom is 0.354 e. The van der Waals surface area contributed by atoms with Crippen LogP contribution in [0.1, 0.15) is 16.1 Å². The summed E-state index contributed by atoms with van der Waals surface area (Å²) in [7, 11) is 1.51. The number of ether oxygens (including phenoxy) is 1. The molecule has 0 unspecified atom stereocenters. The third-order valence-electron chi connectivity index (χ3n) is 2.51. The van der Waals surface area contributed by atoms with Crippen LogP contribution in [-0.4, -0.2) is 23.2 Å². The summed E-state index contributed by atoms with van der Waals surface area (Å²) in [5, 5.41) is 10.2. The molecule has 0 radical (unpaired) electrons. The SMILES string of the molecule is COc1ccc(Cl)c2c(C)cc(C(=O)O)nc12. The summed E-state index contributed by atoms with van der Waals surface area (Å²) in [5.74, 6) is -0.562. The molecule has 0 atom stereocenters. The van der Waals surface area contributed by atoms with Crippen molar-refractivity contribution < 1.29 is 14.6 Å². The molecule has 0 spiro atoms. The van der Waals surface area contributed by atoms with E-state index in [4.69, 9.17) is 21.4 Å². The molecule has 4 nitrogen and oxygen atoms in total. The molecule has 1 N–H and O–H groups in total. The number of hydrogen-bond acceptors (Lipinski definition) is 3. The number of fused-ring (bicyclic) bond motifs is 1. The highest BCUT2D eigenvalue weighted by Gasteiger charge is 2.14. The average molecular weight is 252 g/mol. The van der Waals surface area contributed by atoms with Crippen LogP contribution in [0.2, 0.25) is 5.02 Å². The van der Waals surface area contributed by atoms with Crippen molar-refractivity contribution in [1.82, 2.24) is 4.98 Å². The number of carboxylic acids is 1. The van der Waals surface area contributed by atoms with Crippen LogP contribution >= 0.6 is 11.6 Å². The highest BCUT2D eigenvalue weighted by molar-refractivity contribution is 6.36. The van der Waals surface area contributed by atoms with Crippen molar-refractivity contribution in [2.45, 2.75) is 6.92 Å². The minimum Gasteiger partial charge on any atom is -0.494 e. The first-order valence-electron chi connectivity index (χ1n) is 4.91. The summed E-state index contributed by atoms with van der Waals surface area (Å²) in [5.41, 5.74) is 1.21. The number of aromatic nitrogens is 1. The van der Waals surface area contributed by atoms with Crippen molar-refractivity contribution in [3.05, 3.63) is 34.5 Å². The van der Waals surface area contributed by atoms with Gasteiger partial charge >= 0.3 is 5.97 Å². The lowest BCUT2D eigenvalue weighted by atomic mass is 10.1. The quantitative estimate of drug-likeness (QED) is 0.892. The van der Waals surface area contributed by atoms with Gasteiger partial charge in [0.1, 0.15) is 17.0 Å². The molecule has 0 saturated carbocycles. The Hall–Kier alpha value is -1.81. The molecule has 0 aliphatic heterocycles. The number of pyridine rings is 1. The number of methoxy groups -OCH3 is 1. The molecule has 1 aromatic heterocycles. The lowest BCUT2D eigenvalue weighted by molar-refractivity contribution is 0.0691. The molecule has 1 aromatic carbocycles. The van der Waals surface area contributed by atoms with Crippen LogP contribution in [0.25, 0.3) is 10.9 Å². The van der Waals surface area contributed by atoms with Gasteiger partial charge in [-0.2, -0.15) is 0 Å². The number of carbonyl (C=O) groups is 1. The van der Waals surface area contributed by atoms with E-state index >= 15 is 0 Å². The maximum atomic E-state index is 10.9. The largest absolute Gasteiger partial charge is 0.494 e. The fourth-order valence-corrected chi connectivity index (χ4v) is 2.04. The predicted molar refractivity (Wildman–Crippen MR) is 65.0 cm³/mol. The normalized spacial score (nSPS) is 10.5. The first-order chi connectivity index (χ1) is 8.04. The molecular formula is C12H10ClNO3. The molecule has 0 bridgehead atoms. The van der Waals surface area contributed by atoms with Crippen LogP contribution in [-0.2, 0) is 0 Å². The standard InChI is InChI=1S/C12H10ClNO3/c1-6-5-8(12(15)16)14-11-9(17-2)4-3-7(13)10(6)11/h3-5H,1-2H3,(H,15,16). The third-order valence-corrected chi connectivity index (χ3v) is 2.82. The second-order valence-electron chi connectivity index (χ2n) is 3.60. The first-order valence-corrected chi connectivity index (χ1v) is 5.29. The molecule has 2 aromatic rings. The van der Waals surface area contributed by atoms with E-state index in [2.05, 4.69) is 4.98 Å². The molecule has 0 amide bonds. The van der Waals surface area contributed by atoms with Crippen LogP contribution in [0.15, 0.2) is 18.2 Å². The minimum absolute atomic E-state index is 0.0180. The summed E-state index contributed by atoms with van der Waals surface area (Å²) in [4.78, 5) is 15.0. The smallest absolute Gasteiger partial charge is 0.354 e. The van der Waals surface area contributed by atoms with Crippen molar-refractivity contribution in [2.24, 2.45) is 0 Å². The lowest BCUT2D eigenvalue weighted by Gasteiger charge is -2.09. The van der Waals surface area contributed by atoms with Crippen LogP contribution < -0.4 is 4.74 Å². The fraction of sp³-hybridized carbons (Fsp3) is 0.167. The second kappa shape index (κ2) is 4.22. The first kappa shape index (κ1) is 11.7. The van der Waals surface area contributed by atoms with Crippen molar-refractivity contribution in [1.29, 1.82) is 0 Å². The molecule has 2 rings (SSSR count). The topological polar surface area (TPSA) is 59.4 Å². The van der Waals surface area contributed by atoms with Crippen molar-refractivity contribution in [3.8, 4) is 5.75 Å². The van der Waals surface area contributed by atoms with Gasteiger partial charge in [-0.1, -0.05) is 11.6 Å². The molecule has 0 aliphatic rings. The number of rotatable bonds is 2. The third kappa shape index (κ3) is 1.91. The number of benzene rings is 1. The van der Waals surface area contributed by atoms with E-state index in [0.717, 1.165) is 10.9 Å². The van der Waals surface area contributed by atoms with E-state index in [-0.39, 0.29) is 5.69 Å². The van der Waals surface area contributed by atoms with Crippen LogP contribution in [0, 0.1) is 6.92 Å². The van der Waals surface area contributed by atoms with Gasteiger partial charge in [-0.15, -0.1) is 0 Å². The number of halogens is 1. The molecule has 5 heteroatoms. The van der Waals surface area contributed by atoms with Gasteiger partial charge < -0.3 is 9.84 Å². The van der Waals surface area contributed by atoms with Crippen molar-refractivity contribution >= 4 is 28.5 Å². The molecule has 88 valence electrons. The summed E-state index contributed by atoms with van der Waals surface area (Å²) < 4.78 is 5.16. The Morgan fingerprint density at radius 3 is 2.76 bits per heavy atom. The van der Waals surface area contributed by atoms with Gasteiger partial charge in [-0.05, 0) is 30.7 Å². The summed E-state index contributed by atoms with van der Waals surface area (Å²) in [6.07, 6.45) is 0. The number of aromatic carboxylic acids is 1. The van der Waals surface area contributed by atoms with E-state index in [1.54, 1.807) is 19.1 Å². The highest BCUT2D eigenvalue weighted by atomic mass is 35.5. The van der Waals surface area contributed by atoms with Crippen molar-refractivity contribution in [3.63, 3.8) is 0 Å². The summed E-state index contributed by atoms with van der Waals surface area (Å²) >= 11 is 6.08. The number of nitrogens with zero attached hydrogens (tertiary/aromatic N) is 1. The van der Waals surface area contributed by atoms with E-state index in [9.17, 15) is 4.79 Å². The number of hydrogen-bond donors (Lipinski definition) is 1. The van der Waals surface area contributed by atoms with Crippen molar-refractivity contribution in [2.75, 3.05) is 7.11 Å². The summed E-state index contributed by atoms with van der Waals surface area (Å²) in [6.45, 7) is 1.79. The second-order valence-corrected chi connectivity index (χ2v) is 4.01. The molecule has 17 heavy (non-hydrogen) atoms. The van der Waals surface area contributed by atoms with Crippen LogP contribution in [0.5, 0.6) is 5.75 Å². The zero-order valence-corrected chi connectivity index (χ0v) is 10.1. The Labute approximate surface area is 103 Å². The van der Waals surface area contributed by atoms with Crippen LogP contribution in [0.3, 0.4) is 0 Å². The Bertz CT molecular complexity index is 610. The zero-order chi connectivity index (χ0) is 12.6. The Balaban J connectivity index is 2.89. The monoisotopic (exact) mass is 251 g/mol. The van der Waals surface area contributed by atoms with Gasteiger partial charge in [-0.3, -0.25) is 0 Å². The summed E-state index contributed by atoms with van der Waals surface area (Å²) in [6, 6.07) is 4.87. The lowest BCUT2D eigenvalue weighted by Crippen LogP contribution is -2.02. The molecule has 0 saturated heterocycles. The van der Waals surface area contributed by atoms with Gasteiger partial charge in [0.2, 0.25) is 0 Å². The molecular weight excluding hydrogens is 242 g/mol. The van der Waals surface area contributed by atoms with Crippen LogP contribution in [0.4, 0.5) is 0 Å². The van der Waals surface area contributed by atoms with Gasteiger partial charge in [0, 0.05) is 5.39 Å². The zero-order valence-electron chi connectivity index (χ0n) is 9.32. The molecule has 0 fully saturated rings. The van der Waals surface area contributed by atoms with E-state index in [1.807, 2.05) is 0 Å². The number of carboxylic acid groups (broad SMARTS) is 1. The van der Waals surface area contributed by atoms with E-state index in [0.29, 0.717) is 16.3 Å². The molecule has 0 aliphatic carbocycles. The fourth-order valence-electron chi connectivity index (χ4n) is 1.74. The minimum atomic E-state index is -1.07.